The first-order valence-electron chi connectivity index (χ1n) is 3.36. The maximum Gasteiger partial charge on any atom is 0.235 e. The summed E-state index contributed by atoms with van der Waals surface area (Å²) < 4.78 is 0.773. The SMILES string of the molecule is O=[N+]([O-])C=Cc1cc(Cl)ccc1Br. The molecule has 0 saturated carbocycles. The van der Waals surface area contributed by atoms with Crippen molar-refractivity contribution < 1.29 is 4.92 Å². The zero-order valence-corrected chi connectivity index (χ0v) is 8.75. The van der Waals surface area contributed by atoms with Crippen molar-refractivity contribution in [3.63, 3.8) is 0 Å². The second-order valence-corrected chi connectivity index (χ2v) is 3.56. The van der Waals surface area contributed by atoms with Gasteiger partial charge in [-0.2, -0.15) is 0 Å². The summed E-state index contributed by atoms with van der Waals surface area (Å²) in [4.78, 5) is 9.52. The van der Waals surface area contributed by atoms with E-state index in [0.29, 0.717) is 10.6 Å². The van der Waals surface area contributed by atoms with Gasteiger partial charge in [-0.1, -0.05) is 27.5 Å². The largest absolute Gasteiger partial charge is 0.259 e. The molecule has 0 saturated heterocycles. The van der Waals surface area contributed by atoms with Crippen LogP contribution in [0.15, 0.2) is 28.9 Å². The van der Waals surface area contributed by atoms with E-state index < -0.39 is 4.92 Å². The van der Waals surface area contributed by atoms with Crippen LogP contribution in [0.25, 0.3) is 6.08 Å². The molecule has 0 N–H and O–H groups in total. The molecule has 1 rings (SSSR count). The minimum absolute atomic E-state index is 0.520. The Balaban J connectivity index is 3.00. The number of hydrogen-bond acceptors (Lipinski definition) is 2. The summed E-state index contributed by atoms with van der Waals surface area (Å²) in [5.74, 6) is 0. The molecule has 3 nitrogen and oxygen atoms in total. The lowest BCUT2D eigenvalue weighted by Gasteiger charge is -1.96. The van der Waals surface area contributed by atoms with Crippen LogP contribution in [0.3, 0.4) is 0 Å². The van der Waals surface area contributed by atoms with Crippen LogP contribution < -0.4 is 0 Å². The van der Waals surface area contributed by atoms with Gasteiger partial charge in [0.15, 0.2) is 0 Å². The van der Waals surface area contributed by atoms with E-state index in [1.807, 2.05) is 0 Å². The molecule has 0 aliphatic heterocycles. The number of hydrogen-bond donors (Lipinski definition) is 0. The highest BCUT2D eigenvalue weighted by Crippen LogP contribution is 2.22. The molecule has 0 aliphatic rings. The van der Waals surface area contributed by atoms with E-state index in [1.165, 1.54) is 6.08 Å². The quantitative estimate of drug-likeness (QED) is 0.606. The second-order valence-electron chi connectivity index (χ2n) is 2.27. The summed E-state index contributed by atoms with van der Waals surface area (Å²) in [7, 11) is 0. The third-order valence-electron chi connectivity index (χ3n) is 1.33. The van der Waals surface area contributed by atoms with Gasteiger partial charge in [0.05, 0.1) is 4.92 Å². The molecule has 0 spiro atoms. The van der Waals surface area contributed by atoms with Gasteiger partial charge >= 0.3 is 0 Å². The fourth-order valence-electron chi connectivity index (χ4n) is 0.783. The molecule has 5 heteroatoms. The maximum absolute atomic E-state index is 10.0. The number of benzene rings is 1. The smallest absolute Gasteiger partial charge is 0.235 e. The fraction of sp³-hybridized carbons (Fsp3) is 0. The van der Waals surface area contributed by atoms with E-state index in [-0.39, 0.29) is 0 Å². The Bertz CT molecular complexity index is 365. The van der Waals surface area contributed by atoms with Crippen LogP contribution in [0.1, 0.15) is 5.56 Å². The molecule has 0 unspecified atom stereocenters. The molecule has 0 radical (unpaired) electrons. The average Bonchev–Trinajstić information content (AvgIpc) is 2.06. The van der Waals surface area contributed by atoms with Crippen LogP contribution >= 0.6 is 27.5 Å². The molecule has 68 valence electrons. The summed E-state index contributed by atoms with van der Waals surface area (Å²) in [5, 5.41) is 10.6. The van der Waals surface area contributed by atoms with E-state index in [1.54, 1.807) is 18.2 Å². The van der Waals surface area contributed by atoms with Gasteiger partial charge in [-0.25, -0.2) is 0 Å². The van der Waals surface area contributed by atoms with Gasteiger partial charge in [0.1, 0.15) is 0 Å². The minimum atomic E-state index is -0.520. The van der Waals surface area contributed by atoms with Gasteiger partial charge < -0.3 is 0 Å². The van der Waals surface area contributed by atoms with Crippen LogP contribution in [0.4, 0.5) is 0 Å². The number of rotatable bonds is 2. The molecule has 0 aromatic heterocycles. The molecular formula is C8H5BrClNO2. The highest BCUT2D eigenvalue weighted by atomic mass is 79.9. The molecule has 0 heterocycles. The lowest BCUT2D eigenvalue weighted by molar-refractivity contribution is -0.400. The van der Waals surface area contributed by atoms with Crippen LogP contribution in [0.2, 0.25) is 5.02 Å². The van der Waals surface area contributed by atoms with E-state index in [9.17, 15) is 10.1 Å². The zero-order valence-electron chi connectivity index (χ0n) is 6.41. The Labute approximate surface area is 88.3 Å². The topological polar surface area (TPSA) is 43.1 Å². The fourth-order valence-corrected chi connectivity index (χ4v) is 1.34. The number of nitro groups is 1. The normalized spacial score (nSPS) is 10.6. The van der Waals surface area contributed by atoms with E-state index >= 15 is 0 Å². The van der Waals surface area contributed by atoms with Crippen LogP contribution in [-0.2, 0) is 0 Å². The van der Waals surface area contributed by atoms with E-state index in [4.69, 9.17) is 11.6 Å². The minimum Gasteiger partial charge on any atom is -0.259 e. The number of nitrogens with zero attached hydrogens (tertiary/aromatic N) is 1. The second kappa shape index (κ2) is 4.39. The van der Waals surface area contributed by atoms with Gasteiger partial charge in [0, 0.05) is 15.6 Å². The average molecular weight is 262 g/mol. The molecule has 0 amide bonds. The molecule has 1 aromatic carbocycles. The lowest BCUT2D eigenvalue weighted by atomic mass is 10.2. The van der Waals surface area contributed by atoms with Crippen molar-refractivity contribution in [1.29, 1.82) is 0 Å². The van der Waals surface area contributed by atoms with Crippen LogP contribution in [0.5, 0.6) is 0 Å². The van der Waals surface area contributed by atoms with E-state index in [2.05, 4.69) is 15.9 Å². The third kappa shape index (κ3) is 3.16. The molecule has 0 fully saturated rings. The van der Waals surface area contributed by atoms with Crippen molar-refractivity contribution in [2.45, 2.75) is 0 Å². The Morgan fingerprint density at radius 2 is 2.23 bits per heavy atom. The van der Waals surface area contributed by atoms with Crippen molar-refractivity contribution in [2.75, 3.05) is 0 Å². The van der Waals surface area contributed by atoms with Gasteiger partial charge in [0.2, 0.25) is 6.20 Å². The summed E-state index contributed by atoms with van der Waals surface area (Å²) in [5.41, 5.74) is 0.684. The first-order chi connectivity index (χ1) is 6.09. The van der Waals surface area contributed by atoms with Crippen LogP contribution in [0, 0.1) is 10.1 Å². The van der Waals surface area contributed by atoms with Gasteiger partial charge in [0.25, 0.3) is 0 Å². The lowest BCUT2D eigenvalue weighted by Crippen LogP contribution is -1.83. The predicted octanol–water partition coefficient (Wildman–Crippen LogP) is 3.35. The first-order valence-corrected chi connectivity index (χ1v) is 4.53. The van der Waals surface area contributed by atoms with Crippen LogP contribution in [-0.4, -0.2) is 4.92 Å². The summed E-state index contributed by atoms with van der Waals surface area (Å²) in [6.07, 6.45) is 2.26. The Morgan fingerprint density at radius 3 is 2.85 bits per heavy atom. The van der Waals surface area contributed by atoms with Crippen molar-refractivity contribution in [2.24, 2.45) is 0 Å². The summed E-state index contributed by atoms with van der Waals surface area (Å²) in [6, 6.07) is 5.09. The zero-order chi connectivity index (χ0) is 9.84. The highest BCUT2D eigenvalue weighted by molar-refractivity contribution is 9.10. The van der Waals surface area contributed by atoms with Crippen molar-refractivity contribution in [1.82, 2.24) is 0 Å². The Kier molecular flexibility index (Phi) is 3.45. The summed E-state index contributed by atoms with van der Waals surface area (Å²) in [6.45, 7) is 0. The third-order valence-corrected chi connectivity index (χ3v) is 2.29. The van der Waals surface area contributed by atoms with Crippen molar-refractivity contribution in [3.05, 3.63) is 49.6 Å². The standard InChI is InChI=1S/C8H5BrClNO2/c9-8-2-1-7(10)5-6(8)3-4-11(12)13/h1-5H. The monoisotopic (exact) mass is 261 g/mol. The summed E-state index contributed by atoms with van der Waals surface area (Å²) >= 11 is 8.96. The predicted molar refractivity (Wildman–Crippen MR) is 55.2 cm³/mol. The molecule has 13 heavy (non-hydrogen) atoms. The Morgan fingerprint density at radius 1 is 1.54 bits per heavy atom. The molecule has 0 atom stereocenters. The van der Waals surface area contributed by atoms with Gasteiger partial charge in [-0.3, -0.25) is 10.1 Å². The first kappa shape index (κ1) is 10.2. The molecule has 0 bridgehead atoms. The number of halogens is 2. The van der Waals surface area contributed by atoms with Gasteiger partial charge in [-0.15, -0.1) is 0 Å². The molecular weight excluding hydrogens is 257 g/mol. The van der Waals surface area contributed by atoms with Crippen molar-refractivity contribution >= 4 is 33.6 Å². The van der Waals surface area contributed by atoms with Crippen molar-refractivity contribution in [3.8, 4) is 0 Å². The van der Waals surface area contributed by atoms with E-state index in [0.717, 1.165) is 10.7 Å². The van der Waals surface area contributed by atoms with Gasteiger partial charge in [-0.05, 0) is 23.8 Å². The maximum atomic E-state index is 10.0. The Hall–Kier alpha value is -0.870. The molecule has 1 aromatic rings. The highest BCUT2D eigenvalue weighted by Gasteiger charge is 1.98. The molecule has 0 aliphatic carbocycles.